The van der Waals surface area contributed by atoms with E-state index in [1.807, 2.05) is 0 Å². The Kier molecular flexibility index (Phi) is 7.71. The number of para-hydroxylation sites is 1. The van der Waals surface area contributed by atoms with E-state index in [9.17, 15) is 18.4 Å². The number of fused-ring (bicyclic) bond motifs is 1. The minimum atomic E-state index is -2.50. The molecule has 0 saturated carbocycles. The summed E-state index contributed by atoms with van der Waals surface area (Å²) in [7, 11) is 0. The molecule has 0 bridgehead atoms. The van der Waals surface area contributed by atoms with Gasteiger partial charge in [0.1, 0.15) is 13.2 Å². The van der Waals surface area contributed by atoms with Crippen LogP contribution in [0.2, 0.25) is 0 Å². The summed E-state index contributed by atoms with van der Waals surface area (Å²) in [6.45, 7) is 2.36. The number of esters is 1. The summed E-state index contributed by atoms with van der Waals surface area (Å²) in [4.78, 5) is 25.9. The number of rotatable bonds is 8. The Balaban J connectivity index is 1.39. The smallest absolute Gasteiger partial charge is 0.341 e. The fraction of sp³-hybridized carbons (Fsp3) is 0.200. The third kappa shape index (κ3) is 6.42. The van der Waals surface area contributed by atoms with Crippen LogP contribution in [-0.4, -0.2) is 37.0 Å². The van der Waals surface area contributed by atoms with Crippen molar-refractivity contribution in [1.29, 1.82) is 0 Å². The van der Waals surface area contributed by atoms with Gasteiger partial charge in [0.15, 0.2) is 17.6 Å². The maximum absolute atomic E-state index is 12.8. The normalized spacial score (nSPS) is 13.1. The second-order valence-electron chi connectivity index (χ2n) is 7.47. The highest BCUT2D eigenvalue weighted by molar-refractivity contribution is 7.99. The lowest BCUT2D eigenvalue weighted by atomic mass is 10.1. The summed E-state index contributed by atoms with van der Waals surface area (Å²) in [5.74, 6) is -2.58. The molecule has 0 aliphatic carbocycles. The van der Waals surface area contributed by atoms with Crippen LogP contribution in [0, 0.1) is 0 Å². The van der Waals surface area contributed by atoms with Crippen molar-refractivity contribution in [2.75, 3.05) is 23.8 Å². The van der Waals surface area contributed by atoms with E-state index in [1.54, 1.807) is 66.7 Å². The van der Waals surface area contributed by atoms with Crippen molar-refractivity contribution < 1.29 is 32.6 Å². The monoisotopic (exact) mass is 500 g/mol. The summed E-state index contributed by atoms with van der Waals surface area (Å²) in [5, 5.41) is 5.78. The largest absolute Gasteiger partial charge is 0.486 e. The molecule has 1 atom stereocenters. The van der Waals surface area contributed by atoms with Gasteiger partial charge in [-0.3, -0.25) is 4.79 Å². The Labute approximate surface area is 204 Å². The fourth-order valence-electron chi connectivity index (χ4n) is 3.29. The van der Waals surface area contributed by atoms with Crippen LogP contribution in [0.25, 0.3) is 0 Å². The third-order valence-electron chi connectivity index (χ3n) is 4.97. The second kappa shape index (κ2) is 11.1. The van der Waals surface area contributed by atoms with Gasteiger partial charge in [0.05, 0.1) is 11.3 Å². The zero-order valence-corrected chi connectivity index (χ0v) is 19.4. The molecule has 0 radical (unpaired) electrons. The van der Waals surface area contributed by atoms with E-state index >= 15 is 0 Å². The Morgan fingerprint density at radius 1 is 0.943 bits per heavy atom. The van der Waals surface area contributed by atoms with E-state index in [-0.39, 0.29) is 5.56 Å². The van der Waals surface area contributed by atoms with E-state index in [0.717, 1.165) is 0 Å². The molecule has 1 aliphatic heterocycles. The van der Waals surface area contributed by atoms with E-state index in [1.165, 1.54) is 6.92 Å². The molecule has 1 amide bonds. The average Bonchev–Trinajstić information content (AvgIpc) is 2.85. The summed E-state index contributed by atoms with van der Waals surface area (Å²) in [6.07, 6.45) is -1.07. The van der Waals surface area contributed by atoms with E-state index in [4.69, 9.17) is 14.2 Å². The summed E-state index contributed by atoms with van der Waals surface area (Å²) >= 11 is 0.452. The first kappa shape index (κ1) is 24.3. The lowest BCUT2D eigenvalue weighted by Crippen LogP contribution is -2.30. The summed E-state index contributed by atoms with van der Waals surface area (Å²) in [6, 6.07) is 18.1. The maximum Gasteiger partial charge on any atom is 0.341 e. The number of carbonyl (C=O) groups is 2. The molecule has 0 saturated heterocycles. The Bertz CT molecular complexity index is 1210. The zero-order chi connectivity index (χ0) is 24.8. The Morgan fingerprint density at radius 3 is 2.37 bits per heavy atom. The van der Waals surface area contributed by atoms with E-state index < -0.39 is 23.7 Å². The lowest BCUT2D eigenvalue weighted by Gasteiger charge is -2.19. The highest BCUT2D eigenvalue weighted by Crippen LogP contribution is 2.33. The van der Waals surface area contributed by atoms with Gasteiger partial charge in [-0.05, 0) is 55.5 Å². The first-order valence-electron chi connectivity index (χ1n) is 10.7. The van der Waals surface area contributed by atoms with E-state index in [2.05, 4.69) is 10.6 Å². The van der Waals surface area contributed by atoms with Gasteiger partial charge in [0, 0.05) is 22.3 Å². The Hall–Kier alpha value is -3.79. The molecule has 182 valence electrons. The molecular formula is C25H22F2N2O5S. The molecule has 1 unspecified atom stereocenters. The third-order valence-corrected chi connectivity index (χ3v) is 5.69. The van der Waals surface area contributed by atoms with Crippen LogP contribution in [0.4, 0.5) is 25.8 Å². The number of thioether (sulfide) groups is 1. The number of nitrogens with one attached hydrogen (secondary N) is 2. The number of hydrogen-bond acceptors (Lipinski definition) is 7. The second-order valence-corrected chi connectivity index (χ2v) is 8.53. The van der Waals surface area contributed by atoms with Crippen LogP contribution >= 0.6 is 11.8 Å². The predicted octanol–water partition coefficient (Wildman–Crippen LogP) is 5.70. The van der Waals surface area contributed by atoms with Gasteiger partial charge >= 0.3 is 5.97 Å². The van der Waals surface area contributed by atoms with Crippen LogP contribution in [0.1, 0.15) is 17.3 Å². The first-order chi connectivity index (χ1) is 16.9. The molecule has 3 aromatic carbocycles. The highest BCUT2D eigenvalue weighted by atomic mass is 32.2. The molecule has 10 heteroatoms. The van der Waals surface area contributed by atoms with Crippen molar-refractivity contribution >= 4 is 40.7 Å². The average molecular weight is 501 g/mol. The first-order valence-corrected chi connectivity index (χ1v) is 11.6. The van der Waals surface area contributed by atoms with Crippen LogP contribution in [0.5, 0.6) is 11.5 Å². The zero-order valence-electron chi connectivity index (χ0n) is 18.6. The number of benzene rings is 3. The predicted molar refractivity (Wildman–Crippen MR) is 129 cm³/mol. The topological polar surface area (TPSA) is 85.9 Å². The molecule has 1 heterocycles. The molecule has 0 aromatic heterocycles. The lowest BCUT2D eigenvalue weighted by molar-refractivity contribution is -0.123. The van der Waals surface area contributed by atoms with Crippen LogP contribution < -0.4 is 20.1 Å². The van der Waals surface area contributed by atoms with Crippen LogP contribution in [0.15, 0.2) is 71.6 Å². The number of anilines is 3. The molecule has 7 nitrogen and oxygen atoms in total. The number of halogens is 2. The Morgan fingerprint density at radius 2 is 1.63 bits per heavy atom. The van der Waals surface area contributed by atoms with Crippen molar-refractivity contribution in [1.82, 2.24) is 0 Å². The molecule has 4 rings (SSSR count). The minimum Gasteiger partial charge on any atom is -0.486 e. The van der Waals surface area contributed by atoms with Gasteiger partial charge in [0.25, 0.3) is 11.7 Å². The molecule has 0 spiro atoms. The molecule has 3 aromatic rings. The highest BCUT2D eigenvalue weighted by Gasteiger charge is 2.22. The number of amides is 1. The van der Waals surface area contributed by atoms with Gasteiger partial charge in [-0.2, -0.15) is 8.78 Å². The minimum absolute atomic E-state index is 0.220. The maximum atomic E-state index is 12.8. The fourth-order valence-corrected chi connectivity index (χ4v) is 3.79. The van der Waals surface area contributed by atoms with Crippen molar-refractivity contribution in [2.45, 2.75) is 23.7 Å². The number of carbonyl (C=O) groups excluding carboxylic acids is 2. The van der Waals surface area contributed by atoms with Gasteiger partial charge < -0.3 is 24.8 Å². The number of hydrogen-bond donors (Lipinski definition) is 2. The molecule has 0 fully saturated rings. The molecule has 2 N–H and O–H groups in total. The van der Waals surface area contributed by atoms with Crippen LogP contribution in [0.3, 0.4) is 0 Å². The quantitative estimate of drug-likeness (QED) is 0.303. The van der Waals surface area contributed by atoms with Crippen LogP contribution in [-0.2, 0) is 9.53 Å². The van der Waals surface area contributed by atoms with Gasteiger partial charge in [-0.15, -0.1) is 0 Å². The van der Waals surface area contributed by atoms with Crippen molar-refractivity contribution in [3.63, 3.8) is 0 Å². The van der Waals surface area contributed by atoms with Crippen molar-refractivity contribution in [2.24, 2.45) is 0 Å². The summed E-state index contributed by atoms with van der Waals surface area (Å²) < 4.78 is 41.4. The molecule has 1 aliphatic rings. The molecule has 35 heavy (non-hydrogen) atoms. The SMILES string of the molecule is CC(OC(=O)c1ccccc1Nc1ccc(SC(F)F)cc1)C(=O)Nc1ccc2c(c1)OCCO2. The summed E-state index contributed by atoms with van der Waals surface area (Å²) in [5.41, 5.74) is 1.76. The van der Waals surface area contributed by atoms with Crippen molar-refractivity contribution in [3.8, 4) is 11.5 Å². The molecular weight excluding hydrogens is 478 g/mol. The van der Waals surface area contributed by atoms with Gasteiger partial charge in [-0.1, -0.05) is 23.9 Å². The van der Waals surface area contributed by atoms with Crippen molar-refractivity contribution in [3.05, 3.63) is 72.3 Å². The number of alkyl halides is 2. The standard InChI is InChI=1S/C25H22F2N2O5S/c1-15(23(30)29-17-8-11-21-22(14-17)33-13-12-32-21)34-24(31)19-4-2-3-5-20(19)28-16-6-9-18(10-7-16)35-25(26)27/h2-11,14-15,25,28H,12-13H2,1H3,(H,29,30). The van der Waals surface area contributed by atoms with E-state index in [0.29, 0.717) is 58.4 Å². The van der Waals surface area contributed by atoms with Gasteiger partial charge in [-0.25, -0.2) is 4.79 Å². The van der Waals surface area contributed by atoms with Gasteiger partial charge in [0.2, 0.25) is 0 Å². The number of ether oxygens (including phenoxy) is 3.